The Morgan fingerprint density at radius 2 is 2.38 bits per heavy atom. The van der Waals surface area contributed by atoms with Crippen molar-refractivity contribution in [1.82, 2.24) is 0 Å². The minimum Gasteiger partial charge on any atom is -0.479 e. The Hall–Kier alpha value is -0.570. The molecule has 1 atom stereocenters. The first kappa shape index (κ1) is 10.5. The Labute approximate surface area is 79.8 Å². The Morgan fingerprint density at radius 1 is 1.54 bits per heavy atom. The molecule has 1 N–H and O–H groups in total. The first-order valence-electron chi connectivity index (χ1n) is 5.13. The molecule has 76 valence electrons. The molecule has 1 aliphatic rings. The molecule has 1 aliphatic heterocycles. The number of hydrogen-bond acceptors (Lipinski definition) is 3. The van der Waals surface area contributed by atoms with Gasteiger partial charge in [-0.3, -0.25) is 4.99 Å². The summed E-state index contributed by atoms with van der Waals surface area (Å²) in [7, 11) is 0. The standard InChI is InChI=1S/C10H19NO2/c1-2-3-4-5-9-6-11-10(7-12)13-8-9/h9,12H,2-8H2,1H3. The maximum atomic E-state index is 8.74. The lowest BCUT2D eigenvalue weighted by Crippen LogP contribution is -2.25. The van der Waals surface area contributed by atoms with E-state index in [1.807, 2.05) is 0 Å². The van der Waals surface area contributed by atoms with E-state index in [2.05, 4.69) is 11.9 Å². The highest BCUT2D eigenvalue weighted by Crippen LogP contribution is 2.14. The van der Waals surface area contributed by atoms with Crippen molar-refractivity contribution in [2.75, 3.05) is 19.8 Å². The van der Waals surface area contributed by atoms with Crippen LogP contribution in [-0.4, -0.2) is 30.8 Å². The fraction of sp³-hybridized carbons (Fsp3) is 0.900. The molecule has 0 aromatic carbocycles. The molecule has 0 aromatic heterocycles. The van der Waals surface area contributed by atoms with Gasteiger partial charge in [-0.2, -0.15) is 0 Å². The molecule has 0 aliphatic carbocycles. The molecule has 3 heteroatoms. The number of aliphatic hydroxyl groups excluding tert-OH is 1. The van der Waals surface area contributed by atoms with Gasteiger partial charge in [-0.15, -0.1) is 0 Å². The normalized spacial score (nSPS) is 22.3. The Bertz CT molecular complexity index is 168. The summed E-state index contributed by atoms with van der Waals surface area (Å²) in [6, 6.07) is 0. The summed E-state index contributed by atoms with van der Waals surface area (Å²) in [5.41, 5.74) is 0. The van der Waals surface area contributed by atoms with Crippen LogP contribution < -0.4 is 0 Å². The van der Waals surface area contributed by atoms with Crippen molar-refractivity contribution in [2.45, 2.75) is 32.6 Å². The van der Waals surface area contributed by atoms with E-state index in [1.54, 1.807) is 0 Å². The van der Waals surface area contributed by atoms with Crippen LogP contribution in [0.4, 0.5) is 0 Å². The molecule has 13 heavy (non-hydrogen) atoms. The van der Waals surface area contributed by atoms with E-state index in [0.29, 0.717) is 11.8 Å². The third-order valence-corrected chi connectivity index (χ3v) is 2.36. The van der Waals surface area contributed by atoms with Crippen molar-refractivity contribution in [3.05, 3.63) is 0 Å². The van der Waals surface area contributed by atoms with E-state index >= 15 is 0 Å². The quantitative estimate of drug-likeness (QED) is 0.661. The minimum absolute atomic E-state index is 0.0539. The average Bonchev–Trinajstić information content (AvgIpc) is 2.19. The molecule has 0 aromatic rings. The SMILES string of the molecule is CCCCCC1CN=C(CO)OC1. The lowest BCUT2D eigenvalue weighted by molar-refractivity contribution is 0.186. The van der Waals surface area contributed by atoms with E-state index in [0.717, 1.165) is 13.2 Å². The number of aliphatic imine (C=N–C) groups is 1. The summed E-state index contributed by atoms with van der Waals surface area (Å²) < 4.78 is 5.27. The largest absolute Gasteiger partial charge is 0.479 e. The van der Waals surface area contributed by atoms with Gasteiger partial charge in [-0.25, -0.2) is 0 Å². The van der Waals surface area contributed by atoms with Crippen LogP contribution in [0.2, 0.25) is 0 Å². The third-order valence-electron chi connectivity index (χ3n) is 2.36. The van der Waals surface area contributed by atoms with Crippen molar-refractivity contribution < 1.29 is 9.84 Å². The van der Waals surface area contributed by atoms with Gasteiger partial charge in [0.25, 0.3) is 0 Å². The Balaban J connectivity index is 2.14. The topological polar surface area (TPSA) is 41.8 Å². The minimum atomic E-state index is -0.0539. The number of unbranched alkanes of at least 4 members (excludes halogenated alkanes) is 2. The lowest BCUT2D eigenvalue weighted by Gasteiger charge is -2.20. The second-order valence-corrected chi connectivity index (χ2v) is 3.57. The molecule has 0 spiro atoms. The fourth-order valence-electron chi connectivity index (χ4n) is 1.50. The molecule has 3 nitrogen and oxygen atoms in total. The van der Waals surface area contributed by atoms with Crippen molar-refractivity contribution in [2.24, 2.45) is 10.9 Å². The molecule has 0 fully saturated rings. The van der Waals surface area contributed by atoms with Gasteiger partial charge in [0.2, 0.25) is 5.90 Å². The number of hydrogen-bond donors (Lipinski definition) is 1. The number of ether oxygens (including phenoxy) is 1. The predicted molar refractivity (Wildman–Crippen MR) is 53.0 cm³/mol. The second kappa shape index (κ2) is 5.97. The van der Waals surface area contributed by atoms with Crippen LogP contribution in [0, 0.1) is 5.92 Å². The number of nitrogens with zero attached hydrogens (tertiary/aromatic N) is 1. The maximum Gasteiger partial charge on any atom is 0.209 e. The van der Waals surface area contributed by atoms with Crippen LogP contribution in [0.1, 0.15) is 32.6 Å². The molecular weight excluding hydrogens is 166 g/mol. The smallest absolute Gasteiger partial charge is 0.209 e. The Morgan fingerprint density at radius 3 is 2.92 bits per heavy atom. The van der Waals surface area contributed by atoms with E-state index in [-0.39, 0.29) is 6.61 Å². The van der Waals surface area contributed by atoms with Crippen LogP contribution in [0.3, 0.4) is 0 Å². The first-order chi connectivity index (χ1) is 6.36. The molecule has 1 unspecified atom stereocenters. The van der Waals surface area contributed by atoms with Gasteiger partial charge in [0.1, 0.15) is 6.61 Å². The number of rotatable bonds is 5. The van der Waals surface area contributed by atoms with Crippen LogP contribution in [0.5, 0.6) is 0 Å². The zero-order valence-corrected chi connectivity index (χ0v) is 8.33. The second-order valence-electron chi connectivity index (χ2n) is 3.57. The van der Waals surface area contributed by atoms with E-state index in [1.165, 1.54) is 25.7 Å². The summed E-state index contributed by atoms with van der Waals surface area (Å²) >= 11 is 0. The fourth-order valence-corrected chi connectivity index (χ4v) is 1.50. The van der Waals surface area contributed by atoms with Gasteiger partial charge in [0, 0.05) is 12.5 Å². The van der Waals surface area contributed by atoms with Crippen LogP contribution >= 0.6 is 0 Å². The molecule has 0 amide bonds. The molecule has 1 rings (SSSR count). The van der Waals surface area contributed by atoms with Crippen molar-refractivity contribution in [1.29, 1.82) is 0 Å². The van der Waals surface area contributed by atoms with Crippen LogP contribution in [-0.2, 0) is 4.74 Å². The first-order valence-corrected chi connectivity index (χ1v) is 5.13. The van der Waals surface area contributed by atoms with Crippen molar-refractivity contribution in [3.63, 3.8) is 0 Å². The monoisotopic (exact) mass is 185 g/mol. The number of aliphatic hydroxyl groups is 1. The van der Waals surface area contributed by atoms with Gasteiger partial charge in [-0.05, 0) is 6.42 Å². The molecular formula is C10H19NO2. The summed E-state index contributed by atoms with van der Waals surface area (Å²) in [6.45, 7) is 3.73. The average molecular weight is 185 g/mol. The Kier molecular flexibility index (Phi) is 4.83. The van der Waals surface area contributed by atoms with E-state index in [9.17, 15) is 0 Å². The molecule has 0 saturated heterocycles. The van der Waals surface area contributed by atoms with Crippen molar-refractivity contribution in [3.8, 4) is 0 Å². The van der Waals surface area contributed by atoms with E-state index in [4.69, 9.17) is 9.84 Å². The summed E-state index contributed by atoms with van der Waals surface area (Å²) in [6.07, 6.45) is 5.04. The zero-order valence-electron chi connectivity index (χ0n) is 8.33. The molecule has 0 saturated carbocycles. The summed E-state index contributed by atoms with van der Waals surface area (Å²) in [5.74, 6) is 1.08. The van der Waals surface area contributed by atoms with Gasteiger partial charge >= 0.3 is 0 Å². The predicted octanol–water partition coefficient (Wildman–Crippen LogP) is 1.60. The van der Waals surface area contributed by atoms with Gasteiger partial charge in [0.05, 0.1) is 6.61 Å². The van der Waals surface area contributed by atoms with Gasteiger partial charge < -0.3 is 9.84 Å². The maximum absolute atomic E-state index is 8.74. The van der Waals surface area contributed by atoms with Gasteiger partial charge in [-0.1, -0.05) is 26.2 Å². The van der Waals surface area contributed by atoms with Gasteiger partial charge in [0.15, 0.2) is 0 Å². The molecule has 0 radical (unpaired) electrons. The van der Waals surface area contributed by atoms with Crippen LogP contribution in [0.25, 0.3) is 0 Å². The highest BCUT2D eigenvalue weighted by atomic mass is 16.5. The third kappa shape index (κ3) is 3.77. The molecule has 0 bridgehead atoms. The highest BCUT2D eigenvalue weighted by molar-refractivity contribution is 5.77. The van der Waals surface area contributed by atoms with E-state index < -0.39 is 0 Å². The summed E-state index contributed by atoms with van der Waals surface area (Å²) in [5, 5.41) is 8.74. The zero-order chi connectivity index (χ0) is 9.52. The highest BCUT2D eigenvalue weighted by Gasteiger charge is 2.15. The molecule has 1 heterocycles. The summed E-state index contributed by atoms with van der Waals surface area (Å²) in [4.78, 5) is 4.15. The lowest BCUT2D eigenvalue weighted by atomic mass is 10.0. The van der Waals surface area contributed by atoms with Crippen LogP contribution in [0.15, 0.2) is 4.99 Å². The van der Waals surface area contributed by atoms with Crippen molar-refractivity contribution >= 4 is 5.90 Å².